The van der Waals surface area contributed by atoms with E-state index in [-0.39, 0.29) is 5.91 Å². The summed E-state index contributed by atoms with van der Waals surface area (Å²) >= 11 is 0. The van der Waals surface area contributed by atoms with Gasteiger partial charge in [0, 0.05) is 33.5 Å². The first-order valence-corrected chi connectivity index (χ1v) is 5.74. The van der Waals surface area contributed by atoms with Crippen LogP contribution < -0.4 is 0 Å². The molecule has 0 unspecified atom stereocenters. The molecular weight excluding hydrogens is 234 g/mol. The van der Waals surface area contributed by atoms with Crippen molar-refractivity contribution >= 4 is 5.91 Å². The molecule has 0 aromatic carbocycles. The summed E-state index contributed by atoms with van der Waals surface area (Å²) in [6, 6.07) is 0. The molecule has 0 atom stereocenters. The fraction of sp³-hybridized carbons (Fsp3) is 0.583. The summed E-state index contributed by atoms with van der Waals surface area (Å²) in [6.45, 7) is 3.81. The minimum atomic E-state index is -0.156. The van der Waals surface area contributed by atoms with Gasteiger partial charge in [-0.15, -0.1) is 0 Å². The van der Waals surface area contributed by atoms with E-state index in [0.717, 1.165) is 5.69 Å². The predicted molar refractivity (Wildman–Crippen MR) is 66.4 cm³/mol. The fourth-order valence-corrected chi connectivity index (χ4v) is 1.38. The van der Waals surface area contributed by atoms with Gasteiger partial charge in [-0.05, 0) is 6.92 Å². The topological polar surface area (TPSA) is 64.6 Å². The van der Waals surface area contributed by atoms with Gasteiger partial charge in [0.1, 0.15) is 5.69 Å². The molecule has 1 heterocycles. The van der Waals surface area contributed by atoms with Crippen LogP contribution in [0.15, 0.2) is 12.4 Å². The van der Waals surface area contributed by atoms with Crippen molar-refractivity contribution in [2.75, 3.05) is 40.5 Å². The lowest BCUT2D eigenvalue weighted by Gasteiger charge is -2.21. The first-order chi connectivity index (χ1) is 8.69. The second-order valence-corrected chi connectivity index (χ2v) is 3.82. The number of amides is 1. The Balaban J connectivity index is 2.70. The molecule has 0 aliphatic carbocycles. The normalized spacial score (nSPS) is 10.4. The highest BCUT2D eigenvalue weighted by molar-refractivity contribution is 5.91. The zero-order chi connectivity index (χ0) is 13.4. The van der Waals surface area contributed by atoms with Gasteiger partial charge in [-0.2, -0.15) is 0 Å². The first kappa shape index (κ1) is 14.5. The Morgan fingerprint density at radius 3 is 2.22 bits per heavy atom. The predicted octanol–water partition coefficient (Wildman–Crippen LogP) is 0.520. The van der Waals surface area contributed by atoms with Gasteiger partial charge in [-0.3, -0.25) is 9.78 Å². The maximum Gasteiger partial charge on any atom is 0.274 e. The standard InChI is InChI=1S/C12H19N3O3/c1-10-8-14-11(9-13-10)12(16)15(4-6-17-2)5-7-18-3/h8-9H,4-7H2,1-3H3. The minimum absolute atomic E-state index is 0.156. The number of aryl methyl sites for hydroxylation is 1. The van der Waals surface area contributed by atoms with Gasteiger partial charge in [0.25, 0.3) is 5.91 Å². The number of rotatable bonds is 7. The van der Waals surface area contributed by atoms with E-state index in [1.54, 1.807) is 25.3 Å². The molecule has 0 aliphatic heterocycles. The highest BCUT2D eigenvalue weighted by Gasteiger charge is 2.16. The molecule has 1 rings (SSSR count). The number of methoxy groups -OCH3 is 2. The second-order valence-electron chi connectivity index (χ2n) is 3.82. The third-order valence-corrected chi connectivity index (χ3v) is 2.42. The van der Waals surface area contributed by atoms with Crippen molar-refractivity contribution in [2.24, 2.45) is 0 Å². The van der Waals surface area contributed by atoms with E-state index < -0.39 is 0 Å². The molecule has 18 heavy (non-hydrogen) atoms. The van der Waals surface area contributed by atoms with Gasteiger partial charge in [0.15, 0.2) is 0 Å². The Morgan fingerprint density at radius 1 is 1.17 bits per heavy atom. The van der Waals surface area contributed by atoms with E-state index >= 15 is 0 Å². The molecule has 1 aromatic heterocycles. The smallest absolute Gasteiger partial charge is 0.274 e. The molecule has 0 bridgehead atoms. The van der Waals surface area contributed by atoms with Crippen molar-refractivity contribution < 1.29 is 14.3 Å². The summed E-state index contributed by atoms with van der Waals surface area (Å²) in [5.41, 5.74) is 1.12. The van der Waals surface area contributed by atoms with Crippen LogP contribution in [0.2, 0.25) is 0 Å². The summed E-state index contributed by atoms with van der Waals surface area (Å²) in [7, 11) is 3.20. The van der Waals surface area contributed by atoms with Gasteiger partial charge >= 0.3 is 0 Å². The van der Waals surface area contributed by atoms with Crippen molar-refractivity contribution in [2.45, 2.75) is 6.92 Å². The summed E-state index contributed by atoms with van der Waals surface area (Å²) in [5.74, 6) is -0.156. The quantitative estimate of drug-likeness (QED) is 0.709. The van der Waals surface area contributed by atoms with Crippen LogP contribution in [0, 0.1) is 6.92 Å². The SMILES string of the molecule is COCCN(CCOC)C(=O)c1cnc(C)cn1. The summed E-state index contributed by atoms with van der Waals surface area (Å²) in [4.78, 5) is 22.0. The van der Waals surface area contributed by atoms with E-state index in [4.69, 9.17) is 9.47 Å². The maximum absolute atomic E-state index is 12.2. The molecule has 0 N–H and O–H groups in total. The maximum atomic E-state index is 12.2. The molecule has 0 radical (unpaired) electrons. The highest BCUT2D eigenvalue weighted by Crippen LogP contribution is 2.01. The van der Waals surface area contributed by atoms with Crippen molar-refractivity contribution in [1.82, 2.24) is 14.9 Å². The van der Waals surface area contributed by atoms with Gasteiger partial charge < -0.3 is 14.4 Å². The molecule has 6 nitrogen and oxygen atoms in total. The van der Waals surface area contributed by atoms with Crippen LogP contribution in [0.3, 0.4) is 0 Å². The molecular formula is C12H19N3O3. The average Bonchev–Trinajstić information content (AvgIpc) is 2.39. The molecule has 0 aliphatic rings. The van der Waals surface area contributed by atoms with Gasteiger partial charge in [0.2, 0.25) is 0 Å². The van der Waals surface area contributed by atoms with Crippen LogP contribution in [-0.4, -0.2) is 61.3 Å². The average molecular weight is 253 g/mol. The van der Waals surface area contributed by atoms with Crippen LogP contribution in [0.4, 0.5) is 0 Å². The van der Waals surface area contributed by atoms with E-state index in [9.17, 15) is 4.79 Å². The van der Waals surface area contributed by atoms with Crippen LogP contribution in [-0.2, 0) is 9.47 Å². The van der Waals surface area contributed by atoms with Crippen LogP contribution in [0.25, 0.3) is 0 Å². The molecule has 0 fully saturated rings. The lowest BCUT2D eigenvalue weighted by Crippen LogP contribution is -2.37. The lowest BCUT2D eigenvalue weighted by molar-refractivity contribution is 0.0621. The van der Waals surface area contributed by atoms with Crippen LogP contribution in [0.5, 0.6) is 0 Å². The third-order valence-electron chi connectivity index (χ3n) is 2.42. The van der Waals surface area contributed by atoms with E-state index in [2.05, 4.69) is 9.97 Å². The van der Waals surface area contributed by atoms with Gasteiger partial charge in [-0.25, -0.2) is 4.98 Å². The number of nitrogens with zero attached hydrogens (tertiary/aromatic N) is 3. The van der Waals surface area contributed by atoms with E-state index in [1.807, 2.05) is 6.92 Å². The number of carbonyl (C=O) groups excluding carboxylic acids is 1. The fourth-order valence-electron chi connectivity index (χ4n) is 1.38. The molecule has 100 valence electrons. The van der Waals surface area contributed by atoms with Crippen LogP contribution in [0.1, 0.15) is 16.2 Å². The molecule has 0 saturated heterocycles. The Hall–Kier alpha value is -1.53. The van der Waals surface area contributed by atoms with Gasteiger partial charge in [0.05, 0.1) is 25.1 Å². The number of ether oxygens (including phenoxy) is 2. The second kappa shape index (κ2) is 7.73. The largest absolute Gasteiger partial charge is 0.383 e. The Bertz CT molecular complexity index is 359. The van der Waals surface area contributed by atoms with Gasteiger partial charge in [-0.1, -0.05) is 0 Å². The monoisotopic (exact) mass is 253 g/mol. The summed E-state index contributed by atoms with van der Waals surface area (Å²) in [5, 5.41) is 0. The summed E-state index contributed by atoms with van der Waals surface area (Å²) < 4.78 is 9.97. The number of carbonyl (C=O) groups is 1. The van der Waals surface area contributed by atoms with Crippen molar-refractivity contribution in [3.8, 4) is 0 Å². The molecule has 6 heteroatoms. The number of hydrogen-bond acceptors (Lipinski definition) is 5. The molecule has 1 amide bonds. The highest BCUT2D eigenvalue weighted by atomic mass is 16.5. The summed E-state index contributed by atoms with van der Waals surface area (Å²) in [6.07, 6.45) is 3.07. The van der Waals surface area contributed by atoms with E-state index in [1.165, 1.54) is 6.20 Å². The zero-order valence-electron chi connectivity index (χ0n) is 11.0. The Morgan fingerprint density at radius 2 is 1.78 bits per heavy atom. The molecule has 1 aromatic rings. The molecule has 0 spiro atoms. The molecule has 0 saturated carbocycles. The number of aromatic nitrogens is 2. The minimum Gasteiger partial charge on any atom is -0.383 e. The Kier molecular flexibility index (Phi) is 6.24. The van der Waals surface area contributed by atoms with Crippen molar-refractivity contribution in [1.29, 1.82) is 0 Å². The van der Waals surface area contributed by atoms with E-state index in [0.29, 0.717) is 32.0 Å². The number of hydrogen-bond donors (Lipinski definition) is 0. The van der Waals surface area contributed by atoms with Crippen LogP contribution >= 0.6 is 0 Å². The van der Waals surface area contributed by atoms with Crippen molar-refractivity contribution in [3.63, 3.8) is 0 Å². The zero-order valence-corrected chi connectivity index (χ0v) is 11.0. The third kappa shape index (κ3) is 4.38. The first-order valence-electron chi connectivity index (χ1n) is 5.74. The lowest BCUT2D eigenvalue weighted by atomic mass is 10.3. The van der Waals surface area contributed by atoms with Crippen molar-refractivity contribution in [3.05, 3.63) is 23.8 Å². The Labute approximate surface area is 107 Å².